The molecule has 19 heavy (non-hydrogen) atoms. The van der Waals surface area contributed by atoms with Crippen LogP contribution in [0, 0.1) is 0 Å². The van der Waals surface area contributed by atoms with Crippen molar-refractivity contribution < 1.29 is 0 Å². The molecule has 2 N–H and O–H groups in total. The highest BCUT2D eigenvalue weighted by Gasteiger charge is 2.19. The summed E-state index contributed by atoms with van der Waals surface area (Å²) in [6.45, 7) is 2.91. The molecule has 0 unspecified atom stereocenters. The molecule has 0 bridgehead atoms. The fourth-order valence-electron chi connectivity index (χ4n) is 2.13. The van der Waals surface area contributed by atoms with E-state index in [2.05, 4.69) is 61.5 Å². The van der Waals surface area contributed by atoms with Gasteiger partial charge in [0.25, 0.3) is 5.99 Å². The second-order valence-electron chi connectivity index (χ2n) is 4.55. The van der Waals surface area contributed by atoms with E-state index >= 15 is 0 Å². The SMILES string of the molecule is CCc1ccc(B(SCCN)c2ccccc2)cc1. The first-order valence-electron chi connectivity index (χ1n) is 6.80. The minimum atomic E-state index is 0.385. The maximum absolute atomic E-state index is 5.66. The summed E-state index contributed by atoms with van der Waals surface area (Å²) in [6, 6.07) is 19.6. The van der Waals surface area contributed by atoms with Gasteiger partial charge in [0.05, 0.1) is 0 Å². The lowest BCUT2D eigenvalue weighted by molar-refractivity contribution is 1.14. The van der Waals surface area contributed by atoms with Gasteiger partial charge in [0, 0.05) is 6.54 Å². The molecule has 0 aliphatic carbocycles. The Bertz CT molecular complexity index is 484. The second kappa shape index (κ2) is 7.42. The first-order chi connectivity index (χ1) is 9.35. The third kappa shape index (κ3) is 3.89. The molecular formula is C16H20BNS. The summed E-state index contributed by atoms with van der Waals surface area (Å²) >= 11 is 1.92. The minimum Gasteiger partial charge on any atom is -0.330 e. The normalized spacial score (nSPS) is 10.4. The van der Waals surface area contributed by atoms with E-state index in [9.17, 15) is 0 Å². The second-order valence-corrected chi connectivity index (χ2v) is 5.76. The van der Waals surface area contributed by atoms with Crippen LogP contribution in [0.15, 0.2) is 54.6 Å². The molecule has 3 heteroatoms. The highest BCUT2D eigenvalue weighted by atomic mass is 32.2. The van der Waals surface area contributed by atoms with Crippen LogP contribution in [0.5, 0.6) is 0 Å². The standard InChI is InChI=1S/C16H20BNS/c1-2-14-8-10-16(11-9-14)17(19-13-12-18)15-6-4-3-5-7-15/h3-11H,2,12-13,18H2,1H3. The summed E-state index contributed by atoms with van der Waals surface area (Å²) < 4.78 is 0. The van der Waals surface area contributed by atoms with Crippen LogP contribution in [0.2, 0.25) is 0 Å². The van der Waals surface area contributed by atoms with Crippen LogP contribution in [0.3, 0.4) is 0 Å². The van der Waals surface area contributed by atoms with Crippen LogP contribution >= 0.6 is 11.6 Å². The van der Waals surface area contributed by atoms with Crippen LogP contribution in [0.1, 0.15) is 12.5 Å². The average Bonchev–Trinajstić information content (AvgIpc) is 2.49. The van der Waals surface area contributed by atoms with Crippen LogP contribution in [-0.4, -0.2) is 18.3 Å². The fraction of sp³-hybridized carbons (Fsp3) is 0.250. The summed E-state index contributed by atoms with van der Waals surface area (Å²) in [4.78, 5) is 0. The van der Waals surface area contributed by atoms with E-state index in [1.165, 1.54) is 16.5 Å². The Morgan fingerprint density at radius 2 is 1.58 bits per heavy atom. The largest absolute Gasteiger partial charge is 0.330 e. The van der Waals surface area contributed by atoms with Crippen LogP contribution in [0.25, 0.3) is 0 Å². The van der Waals surface area contributed by atoms with E-state index in [0.717, 1.165) is 18.7 Å². The zero-order chi connectivity index (χ0) is 13.5. The number of hydrogen-bond donors (Lipinski definition) is 1. The molecule has 0 fully saturated rings. The third-order valence-corrected chi connectivity index (χ3v) is 4.54. The van der Waals surface area contributed by atoms with Gasteiger partial charge in [-0.3, -0.25) is 0 Å². The van der Waals surface area contributed by atoms with Crippen molar-refractivity contribution in [3.63, 3.8) is 0 Å². The van der Waals surface area contributed by atoms with Crippen LogP contribution in [-0.2, 0) is 6.42 Å². The van der Waals surface area contributed by atoms with Gasteiger partial charge in [0.15, 0.2) is 0 Å². The highest BCUT2D eigenvalue weighted by molar-refractivity contribution is 8.28. The lowest BCUT2D eigenvalue weighted by atomic mass is 9.62. The molecule has 0 aliphatic rings. The highest BCUT2D eigenvalue weighted by Crippen LogP contribution is 2.08. The lowest BCUT2D eigenvalue weighted by Crippen LogP contribution is -2.40. The Morgan fingerprint density at radius 3 is 2.16 bits per heavy atom. The van der Waals surface area contributed by atoms with Crippen molar-refractivity contribution in [2.75, 3.05) is 12.3 Å². The first-order valence-corrected chi connectivity index (χ1v) is 7.85. The molecule has 2 aromatic rings. The summed E-state index contributed by atoms with van der Waals surface area (Å²) in [7, 11) is 0. The Labute approximate surface area is 120 Å². The monoisotopic (exact) mass is 269 g/mol. The van der Waals surface area contributed by atoms with E-state index in [0.29, 0.717) is 5.99 Å². The number of benzene rings is 2. The molecule has 2 rings (SSSR count). The Hall–Kier alpha value is -1.19. The predicted molar refractivity (Wildman–Crippen MR) is 88.8 cm³/mol. The summed E-state index contributed by atoms with van der Waals surface area (Å²) in [5.41, 5.74) is 9.76. The predicted octanol–water partition coefficient (Wildman–Crippen LogP) is 2.05. The Morgan fingerprint density at radius 1 is 0.947 bits per heavy atom. The van der Waals surface area contributed by atoms with Gasteiger partial charge < -0.3 is 5.73 Å². The van der Waals surface area contributed by atoms with Gasteiger partial charge >= 0.3 is 0 Å². The van der Waals surface area contributed by atoms with E-state index in [1.54, 1.807) is 0 Å². The van der Waals surface area contributed by atoms with Gasteiger partial charge in [-0.2, -0.15) is 11.6 Å². The number of hydrogen-bond acceptors (Lipinski definition) is 2. The number of nitrogens with two attached hydrogens (primary N) is 1. The number of rotatable bonds is 6. The topological polar surface area (TPSA) is 26.0 Å². The summed E-state index contributed by atoms with van der Waals surface area (Å²) in [5, 5.41) is 0. The molecule has 0 aliphatic heterocycles. The van der Waals surface area contributed by atoms with Crippen molar-refractivity contribution >= 4 is 28.5 Å². The molecule has 0 radical (unpaired) electrons. The van der Waals surface area contributed by atoms with E-state index < -0.39 is 0 Å². The quantitative estimate of drug-likeness (QED) is 0.812. The molecule has 98 valence electrons. The zero-order valence-corrected chi connectivity index (χ0v) is 12.2. The van der Waals surface area contributed by atoms with Gasteiger partial charge in [-0.15, -0.1) is 0 Å². The summed E-state index contributed by atoms with van der Waals surface area (Å²) in [5.74, 6) is 1.37. The fourth-order valence-corrected chi connectivity index (χ4v) is 3.20. The molecule has 0 atom stereocenters. The van der Waals surface area contributed by atoms with Crippen molar-refractivity contribution in [3.05, 3.63) is 60.2 Å². The number of aryl methyl sites for hydroxylation is 1. The maximum Gasteiger partial charge on any atom is 0.274 e. The van der Waals surface area contributed by atoms with Crippen molar-refractivity contribution in [2.45, 2.75) is 13.3 Å². The van der Waals surface area contributed by atoms with Crippen LogP contribution < -0.4 is 16.7 Å². The Kier molecular flexibility index (Phi) is 5.55. The van der Waals surface area contributed by atoms with Gasteiger partial charge in [-0.05, 0) is 17.7 Å². The van der Waals surface area contributed by atoms with Gasteiger partial charge in [-0.1, -0.05) is 72.4 Å². The molecule has 1 nitrogen and oxygen atoms in total. The molecule has 0 saturated carbocycles. The average molecular weight is 269 g/mol. The maximum atomic E-state index is 5.66. The molecular weight excluding hydrogens is 249 g/mol. The smallest absolute Gasteiger partial charge is 0.274 e. The van der Waals surface area contributed by atoms with Crippen molar-refractivity contribution in [2.24, 2.45) is 5.73 Å². The first kappa shape index (κ1) is 14.2. The van der Waals surface area contributed by atoms with Crippen LogP contribution in [0.4, 0.5) is 0 Å². The van der Waals surface area contributed by atoms with Crippen molar-refractivity contribution in [3.8, 4) is 0 Å². The molecule has 0 amide bonds. The minimum absolute atomic E-state index is 0.385. The molecule has 0 heterocycles. The molecule has 0 spiro atoms. The molecule has 0 aromatic heterocycles. The van der Waals surface area contributed by atoms with Gasteiger partial charge in [0.1, 0.15) is 0 Å². The lowest BCUT2D eigenvalue weighted by Gasteiger charge is -2.14. The molecule has 2 aromatic carbocycles. The van der Waals surface area contributed by atoms with Crippen molar-refractivity contribution in [1.29, 1.82) is 0 Å². The van der Waals surface area contributed by atoms with E-state index in [4.69, 9.17) is 5.73 Å². The van der Waals surface area contributed by atoms with E-state index in [-0.39, 0.29) is 0 Å². The summed E-state index contributed by atoms with van der Waals surface area (Å²) in [6.07, 6.45) is 1.09. The Balaban J connectivity index is 2.26. The van der Waals surface area contributed by atoms with Gasteiger partial charge in [0.2, 0.25) is 0 Å². The van der Waals surface area contributed by atoms with E-state index in [1.807, 2.05) is 11.6 Å². The van der Waals surface area contributed by atoms with Gasteiger partial charge in [-0.25, -0.2) is 0 Å². The van der Waals surface area contributed by atoms with Crippen molar-refractivity contribution in [1.82, 2.24) is 0 Å². The third-order valence-electron chi connectivity index (χ3n) is 3.20. The zero-order valence-electron chi connectivity index (χ0n) is 11.4. The molecule has 0 saturated heterocycles.